The van der Waals surface area contributed by atoms with Crippen LogP contribution in [-0.2, 0) is 14.3 Å². The molecule has 0 amide bonds. The predicted octanol–water partition coefficient (Wildman–Crippen LogP) is 3.47. The monoisotopic (exact) mass is 492 g/mol. The molecule has 0 radical (unpaired) electrons. The fraction of sp³-hybridized carbons (Fsp3) is 0.871. The smallest absolute Gasteiger partial charge is 0.550 e. The van der Waals surface area contributed by atoms with Gasteiger partial charge in [0, 0.05) is 12.4 Å². The van der Waals surface area contributed by atoms with Crippen LogP contribution in [0, 0.1) is 46.3 Å². The van der Waals surface area contributed by atoms with Gasteiger partial charge in [0.15, 0.2) is 0 Å². The van der Waals surface area contributed by atoms with Crippen molar-refractivity contribution in [3.8, 4) is 0 Å². The number of rotatable bonds is 9. The molecule has 0 N–H and O–H groups in total. The predicted molar refractivity (Wildman–Crippen MR) is 137 cm³/mol. The molecule has 0 aliphatic heterocycles. The van der Waals surface area contributed by atoms with E-state index in [1.165, 1.54) is 56.9 Å². The van der Waals surface area contributed by atoms with E-state index < -0.39 is 11.9 Å². The molecule has 8 atom stereocenters. The summed E-state index contributed by atoms with van der Waals surface area (Å²) in [6.07, 6.45) is 15.8. The number of esters is 1. The largest absolute Gasteiger partial charge is 1.00 e. The second-order valence-corrected chi connectivity index (χ2v) is 13.5. The van der Waals surface area contributed by atoms with Crippen molar-refractivity contribution in [1.29, 1.82) is 0 Å². The summed E-state index contributed by atoms with van der Waals surface area (Å²) in [5, 5.41) is 10.7. The van der Waals surface area contributed by atoms with Crippen LogP contribution >= 0.6 is 0 Å². The Morgan fingerprint density at radius 2 is 1.78 bits per heavy atom. The average molecular weight is 493 g/mol. The molecule has 4 aliphatic rings. The van der Waals surface area contributed by atoms with Gasteiger partial charge in [0.25, 0.3) is 0 Å². The van der Waals surface area contributed by atoms with Gasteiger partial charge in [-0.1, -0.05) is 65.5 Å². The van der Waals surface area contributed by atoms with Crippen LogP contribution < -0.4 is 24.0 Å². The first kappa shape index (κ1) is 29.8. The summed E-state index contributed by atoms with van der Waals surface area (Å²) in [5.41, 5.74) is 2.24. The Kier molecular flexibility index (Phi) is 9.93. The first-order valence-electron chi connectivity index (χ1n) is 14.6. The molecule has 0 bridgehead atoms. The van der Waals surface area contributed by atoms with Crippen molar-refractivity contribution in [2.24, 2.45) is 46.3 Å². The zero-order valence-electron chi connectivity index (χ0n) is 23.9. The van der Waals surface area contributed by atoms with Crippen LogP contribution in [0.25, 0.3) is 0 Å². The van der Waals surface area contributed by atoms with E-state index in [2.05, 4.69) is 40.7 Å². The van der Waals surface area contributed by atoms with Gasteiger partial charge in [-0.3, -0.25) is 4.79 Å². The first-order valence-corrected chi connectivity index (χ1v) is 14.6. The molecule has 4 aliphatic carbocycles. The van der Waals surface area contributed by atoms with Gasteiger partial charge < -0.3 is 14.6 Å². The third-order valence-corrected chi connectivity index (χ3v) is 11.1. The zero-order valence-corrected chi connectivity index (χ0v) is 23.9. The van der Waals surface area contributed by atoms with Crippen LogP contribution in [0.4, 0.5) is 0 Å². The first-order chi connectivity index (χ1) is 16.5. The van der Waals surface area contributed by atoms with E-state index in [4.69, 9.17) is 4.74 Å². The Balaban J connectivity index is 0.00000361. The second kappa shape index (κ2) is 12.0. The molecule has 3 fully saturated rings. The van der Waals surface area contributed by atoms with Crippen LogP contribution in [0.3, 0.4) is 0 Å². The summed E-state index contributed by atoms with van der Waals surface area (Å²) < 4.78 is 5.67. The number of carbonyl (C=O) groups excluding carboxylic acids is 2. The molecule has 0 aromatic rings. The van der Waals surface area contributed by atoms with Gasteiger partial charge in [-0.2, -0.15) is 0 Å². The van der Waals surface area contributed by atoms with Crippen molar-refractivity contribution in [2.45, 2.75) is 124 Å². The molecule has 0 saturated heterocycles. The molecular weight excluding hydrogens is 443 g/mol. The van der Waals surface area contributed by atoms with Crippen molar-refractivity contribution in [3.63, 3.8) is 0 Å². The van der Waals surface area contributed by atoms with Crippen molar-refractivity contribution in [3.05, 3.63) is 11.6 Å². The maximum atomic E-state index is 12.1. The van der Waals surface area contributed by atoms with E-state index in [1.54, 1.807) is 0 Å². The van der Waals surface area contributed by atoms with Crippen molar-refractivity contribution in [1.82, 2.24) is 0 Å². The topological polar surface area (TPSA) is 66.4 Å². The molecule has 0 aromatic carbocycles. The quantitative estimate of drug-likeness (QED) is 0.281. The van der Waals surface area contributed by atoms with E-state index in [0.717, 1.165) is 54.8 Å². The van der Waals surface area contributed by atoms with E-state index >= 15 is 0 Å². The second-order valence-electron chi connectivity index (χ2n) is 13.5. The molecule has 4 nitrogen and oxygen atoms in total. The van der Waals surface area contributed by atoms with Crippen molar-refractivity contribution >= 4 is 11.9 Å². The van der Waals surface area contributed by atoms with E-state index in [0.29, 0.717) is 5.41 Å². The standard InChI is InChI=1S/C31H50O4.Li/c1-20(2)7-6-8-21(3)25-11-12-26-24-10-9-22-19-23(35-29(34)14-13-28(32)33)15-17-30(22,4)27(24)16-18-31(25,26)5;/h9,20-21,23-27H,6-8,10-19H2,1-5H3,(H,32,33);/q;+1/p-1/t21-,23+,24+,25-,26+,27+,30+,31-;/m1./s1. The van der Waals surface area contributed by atoms with E-state index in [1.807, 2.05) is 0 Å². The molecule has 0 heterocycles. The molecule has 36 heavy (non-hydrogen) atoms. The summed E-state index contributed by atoms with van der Waals surface area (Å²) in [6.45, 7) is 12.4. The normalized spacial score (nSPS) is 38.2. The number of hydrogen-bond donors (Lipinski definition) is 0. The van der Waals surface area contributed by atoms with Crippen LogP contribution in [0.15, 0.2) is 11.6 Å². The summed E-state index contributed by atoms with van der Waals surface area (Å²) in [4.78, 5) is 22.8. The molecule has 198 valence electrons. The van der Waals surface area contributed by atoms with Gasteiger partial charge in [0.05, 0.1) is 6.42 Å². The van der Waals surface area contributed by atoms with Crippen LogP contribution in [-0.4, -0.2) is 18.0 Å². The van der Waals surface area contributed by atoms with Gasteiger partial charge in [-0.25, -0.2) is 0 Å². The number of fused-ring (bicyclic) bond motifs is 5. The van der Waals surface area contributed by atoms with Crippen molar-refractivity contribution < 1.29 is 38.3 Å². The van der Waals surface area contributed by atoms with E-state index in [9.17, 15) is 14.7 Å². The summed E-state index contributed by atoms with van der Waals surface area (Å²) in [7, 11) is 0. The average Bonchev–Trinajstić information content (AvgIpc) is 3.15. The van der Waals surface area contributed by atoms with Gasteiger partial charge in [0.2, 0.25) is 0 Å². The number of allylic oxidation sites excluding steroid dienone is 1. The molecule has 0 unspecified atom stereocenters. The van der Waals surface area contributed by atoms with Gasteiger partial charge in [-0.05, 0) is 97.7 Å². The molecule has 0 aromatic heterocycles. The maximum Gasteiger partial charge on any atom is 1.00 e. The summed E-state index contributed by atoms with van der Waals surface area (Å²) in [6, 6.07) is 0. The Bertz CT molecular complexity index is 821. The van der Waals surface area contributed by atoms with Gasteiger partial charge in [-0.15, -0.1) is 0 Å². The Morgan fingerprint density at radius 1 is 1.03 bits per heavy atom. The molecule has 4 rings (SSSR count). The SMILES string of the molecule is CC(C)CCC[C@@H](C)[C@H]1CC[C@H]2[C@@H]3CC=C4C[C@@H](OC(=O)CCC(=O)[O-])CC[C@]4(C)[C@H]3CC[C@]12C.[Li+]. The van der Waals surface area contributed by atoms with Crippen LogP contribution in [0.1, 0.15) is 118 Å². The van der Waals surface area contributed by atoms with Crippen LogP contribution in [0.5, 0.6) is 0 Å². The number of carboxylic acids is 1. The molecular formula is C31H49LiO4. The Hall–Kier alpha value is -0.723. The molecule has 0 spiro atoms. The summed E-state index contributed by atoms with van der Waals surface area (Å²) >= 11 is 0. The Morgan fingerprint density at radius 3 is 2.47 bits per heavy atom. The van der Waals surface area contributed by atoms with E-state index in [-0.39, 0.29) is 43.2 Å². The third kappa shape index (κ3) is 5.96. The third-order valence-electron chi connectivity index (χ3n) is 11.1. The molecule has 3 saturated carbocycles. The van der Waals surface area contributed by atoms with Gasteiger partial charge >= 0.3 is 24.8 Å². The fourth-order valence-electron chi connectivity index (χ4n) is 9.20. The summed E-state index contributed by atoms with van der Waals surface area (Å²) in [5.74, 6) is 3.36. The number of hydrogen-bond acceptors (Lipinski definition) is 4. The van der Waals surface area contributed by atoms with Crippen LogP contribution in [0.2, 0.25) is 0 Å². The minimum absolute atomic E-state index is 0. The zero-order chi connectivity index (χ0) is 25.4. The minimum atomic E-state index is -1.19. The number of aliphatic carboxylic acids is 1. The number of carboxylic acid groups (broad SMARTS) is 1. The maximum absolute atomic E-state index is 12.1. The van der Waals surface area contributed by atoms with Gasteiger partial charge in [0.1, 0.15) is 6.10 Å². The number of carbonyl (C=O) groups is 2. The number of ether oxygens (including phenoxy) is 1. The molecule has 5 heteroatoms. The fourth-order valence-corrected chi connectivity index (χ4v) is 9.20. The Labute approximate surface area is 232 Å². The minimum Gasteiger partial charge on any atom is -0.550 e. The van der Waals surface area contributed by atoms with Crippen molar-refractivity contribution in [2.75, 3.05) is 0 Å².